The van der Waals surface area contributed by atoms with Gasteiger partial charge in [-0.15, -0.1) is 0 Å². The monoisotopic (exact) mass is 500 g/mol. The topological polar surface area (TPSA) is 47.3 Å². The molecule has 35 heavy (non-hydrogen) atoms. The van der Waals surface area contributed by atoms with Crippen molar-refractivity contribution in [2.75, 3.05) is 7.11 Å². The Morgan fingerprint density at radius 3 is 2.29 bits per heavy atom. The second kappa shape index (κ2) is 9.40. The smallest absolute Gasteiger partial charge is 0.393 e. The van der Waals surface area contributed by atoms with E-state index in [4.69, 9.17) is 16.3 Å². The normalized spacial score (nSPS) is 12.1. The maximum absolute atomic E-state index is 13.3. The Labute approximate surface area is 206 Å². The number of nitrogens with zero attached hydrogens (tertiary/aromatic N) is 2. The second-order valence-electron chi connectivity index (χ2n) is 8.72. The van der Waals surface area contributed by atoms with Crippen molar-refractivity contribution in [3.63, 3.8) is 0 Å². The number of aromatic nitrogens is 2. The van der Waals surface area contributed by atoms with E-state index in [1.54, 1.807) is 68.1 Å². The maximum Gasteiger partial charge on any atom is 0.393 e. The fourth-order valence-electron chi connectivity index (χ4n) is 3.88. The first-order valence-corrected chi connectivity index (χ1v) is 11.3. The Morgan fingerprint density at radius 1 is 0.971 bits per heavy atom. The molecule has 4 nitrogen and oxygen atoms in total. The molecule has 0 amide bonds. The summed E-state index contributed by atoms with van der Waals surface area (Å²) in [4.78, 5) is 4.55. The second-order valence-corrected chi connectivity index (χ2v) is 9.16. The molecule has 0 aliphatic carbocycles. The number of alkyl halides is 3. The van der Waals surface area contributed by atoms with Crippen LogP contribution in [-0.2, 0) is 12.0 Å². The molecule has 1 N–H and O–H groups in total. The first-order chi connectivity index (χ1) is 16.5. The minimum Gasteiger partial charge on any atom is -0.496 e. The molecule has 3 aromatic carbocycles. The van der Waals surface area contributed by atoms with E-state index in [1.165, 1.54) is 6.07 Å². The SMILES string of the molecule is COc1ccc(Cl)cc1-c1ccc(-n2cc(C(C)(C)O)nc2-c2ccccc2CC(F)(F)F)cc1. The van der Waals surface area contributed by atoms with Crippen LogP contribution in [0.5, 0.6) is 5.75 Å². The van der Waals surface area contributed by atoms with Gasteiger partial charge in [0.05, 0.1) is 19.2 Å². The van der Waals surface area contributed by atoms with Crippen molar-refractivity contribution >= 4 is 11.6 Å². The fraction of sp³-hybridized carbons (Fsp3) is 0.222. The van der Waals surface area contributed by atoms with Crippen molar-refractivity contribution < 1.29 is 23.0 Å². The lowest BCUT2D eigenvalue weighted by Gasteiger charge is -2.14. The Bertz CT molecular complexity index is 1340. The third-order valence-electron chi connectivity index (χ3n) is 5.60. The highest BCUT2D eigenvalue weighted by molar-refractivity contribution is 6.31. The van der Waals surface area contributed by atoms with Crippen molar-refractivity contribution in [1.29, 1.82) is 0 Å². The Kier molecular flexibility index (Phi) is 6.66. The van der Waals surface area contributed by atoms with Gasteiger partial charge in [-0.3, -0.25) is 4.57 Å². The Hall–Kier alpha value is -3.29. The van der Waals surface area contributed by atoms with Gasteiger partial charge < -0.3 is 9.84 Å². The van der Waals surface area contributed by atoms with E-state index in [1.807, 2.05) is 24.3 Å². The molecular weight excluding hydrogens is 477 g/mol. The van der Waals surface area contributed by atoms with Crippen LogP contribution in [0.2, 0.25) is 5.02 Å². The first kappa shape index (κ1) is 24.8. The van der Waals surface area contributed by atoms with E-state index in [-0.39, 0.29) is 5.56 Å². The van der Waals surface area contributed by atoms with Crippen molar-refractivity contribution in [3.05, 3.63) is 89.2 Å². The van der Waals surface area contributed by atoms with Gasteiger partial charge in [-0.05, 0) is 55.3 Å². The zero-order chi connectivity index (χ0) is 25.4. The summed E-state index contributed by atoms with van der Waals surface area (Å²) in [7, 11) is 1.58. The molecule has 0 atom stereocenters. The molecule has 4 rings (SSSR count). The lowest BCUT2D eigenvalue weighted by molar-refractivity contribution is -0.127. The largest absolute Gasteiger partial charge is 0.496 e. The Balaban J connectivity index is 1.84. The van der Waals surface area contributed by atoms with Crippen LogP contribution in [0.4, 0.5) is 13.2 Å². The van der Waals surface area contributed by atoms with Gasteiger partial charge >= 0.3 is 6.18 Å². The average Bonchev–Trinajstić information content (AvgIpc) is 3.24. The number of hydrogen-bond donors (Lipinski definition) is 1. The summed E-state index contributed by atoms with van der Waals surface area (Å²) in [5.74, 6) is 0.978. The van der Waals surface area contributed by atoms with E-state index < -0.39 is 18.2 Å². The summed E-state index contributed by atoms with van der Waals surface area (Å²) in [5, 5.41) is 11.1. The highest BCUT2D eigenvalue weighted by Gasteiger charge is 2.30. The molecule has 1 aromatic heterocycles. The van der Waals surface area contributed by atoms with Gasteiger partial charge in [-0.2, -0.15) is 13.2 Å². The van der Waals surface area contributed by atoms with Crippen LogP contribution in [-0.4, -0.2) is 27.9 Å². The number of imidazole rings is 1. The predicted molar refractivity (Wildman–Crippen MR) is 131 cm³/mol. The minimum absolute atomic E-state index is 0.106. The lowest BCUT2D eigenvalue weighted by Crippen LogP contribution is -2.16. The highest BCUT2D eigenvalue weighted by Crippen LogP contribution is 2.35. The van der Waals surface area contributed by atoms with Gasteiger partial charge in [-0.1, -0.05) is 48.0 Å². The van der Waals surface area contributed by atoms with Crippen LogP contribution in [0.15, 0.2) is 72.9 Å². The van der Waals surface area contributed by atoms with E-state index in [9.17, 15) is 18.3 Å². The van der Waals surface area contributed by atoms with E-state index in [0.717, 1.165) is 11.1 Å². The van der Waals surface area contributed by atoms with E-state index >= 15 is 0 Å². The molecule has 0 aliphatic heterocycles. The minimum atomic E-state index is -4.37. The van der Waals surface area contributed by atoms with Gasteiger partial charge in [0.1, 0.15) is 17.2 Å². The third-order valence-corrected chi connectivity index (χ3v) is 5.84. The molecule has 1 heterocycles. The molecule has 4 aromatic rings. The van der Waals surface area contributed by atoms with Crippen molar-refractivity contribution in [2.24, 2.45) is 0 Å². The number of rotatable bonds is 6. The fourth-order valence-corrected chi connectivity index (χ4v) is 4.05. The van der Waals surface area contributed by atoms with Crippen LogP contribution in [0.1, 0.15) is 25.1 Å². The molecule has 182 valence electrons. The molecule has 0 radical (unpaired) electrons. The van der Waals surface area contributed by atoms with Gasteiger partial charge in [0.25, 0.3) is 0 Å². The maximum atomic E-state index is 13.3. The lowest BCUT2D eigenvalue weighted by atomic mass is 10.0. The van der Waals surface area contributed by atoms with Gasteiger partial charge in [0.15, 0.2) is 0 Å². The molecule has 0 bridgehead atoms. The zero-order valence-corrected chi connectivity index (χ0v) is 20.2. The van der Waals surface area contributed by atoms with Gasteiger partial charge in [-0.25, -0.2) is 4.98 Å². The van der Waals surface area contributed by atoms with Crippen LogP contribution in [0.3, 0.4) is 0 Å². The van der Waals surface area contributed by atoms with Crippen molar-refractivity contribution in [2.45, 2.75) is 32.0 Å². The number of halogens is 4. The summed E-state index contributed by atoms with van der Waals surface area (Å²) in [6.45, 7) is 3.17. The predicted octanol–water partition coefficient (Wildman–Crippen LogP) is 7.20. The number of hydrogen-bond acceptors (Lipinski definition) is 3. The van der Waals surface area contributed by atoms with Gasteiger partial charge in [0, 0.05) is 28.0 Å². The third kappa shape index (κ3) is 5.52. The first-order valence-electron chi connectivity index (χ1n) is 10.9. The molecule has 0 aliphatic rings. The van der Waals surface area contributed by atoms with Crippen LogP contribution >= 0.6 is 11.6 Å². The number of methoxy groups -OCH3 is 1. The molecule has 0 fully saturated rings. The number of aliphatic hydroxyl groups is 1. The van der Waals surface area contributed by atoms with Crippen molar-refractivity contribution in [3.8, 4) is 34.0 Å². The molecule has 8 heteroatoms. The van der Waals surface area contributed by atoms with Crippen LogP contribution in [0.25, 0.3) is 28.2 Å². The molecular formula is C27H24ClF3N2O2. The van der Waals surface area contributed by atoms with Crippen LogP contribution in [0, 0.1) is 0 Å². The summed E-state index contributed by atoms with van der Waals surface area (Å²) in [6, 6.07) is 19.0. The molecule has 0 saturated heterocycles. The molecule has 0 saturated carbocycles. The summed E-state index contributed by atoms with van der Waals surface area (Å²) < 4.78 is 46.9. The summed E-state index contributed by atoms with van der Waals surface area (Å²) >= 11 is 6.17. The molecule has 0 spiro atoms. The van der Waals surface area contributed by atoms with Crippen LogP contribution < -0.4 is 4.74 Å². The average molecular weight is 501 g/mol. The van der Waals surface area contributed by atoms with E-state index in [0.29, 0.717) is 33.5 Å². The van der Waals surface area contributed by atoms with E-state index in [2.05, 4.69) is 4.98 Å². The standard InChI is InChI=1S/C27H24ClF3N2O2/c1-26(2,34)24-16-33(25(32-24)21-7-5-4-6-18(21)15-27(29,30)31)20-11-8-17(9-12-20)22-14-19(28)10-13-23(22)35-3/h4-14,16,34H,15H2,1-3H3. The van der Waals surface area contributed by atoms with Gasteiger partial charge in [0.2, 0.25) is 0 Å². The highest BCUT2D eigenvalue weighted by atomic mass is 35.5. The number of ether oxygens (including phenoxy) is 1. The quantitative estimate of drug-likeness (QED) is 0.304. The zero-order valence-electron chi connectivity index (χ0n) is 19.4. The Morgan fingerprint density at radius 2 is 1.66 bits per heavy atom. The van der Waals surface area contributed by atoms with Crippen molar-refractivity contribution in [1.82, 2.24) is 9.55 Å². The number of benzene rings is 3. The molecule has 0 unspecified atom stereocenters. The summed E-state index contributed by atoms with van der Waals surface area (Å²) in [5.41, 5.74) is 1.85. The summed E-state index contributed by atoms with van der Waals surface area (Å²) in [6.07, 6.45) is -3.81.